The maximum atomic E-state index is 12.2. The summed E-state index contributed by atoms with van der Waals surface area (Å²) in [5.41, 5.74) is 2.83. The zero-order valence-electron chi connectivity index (χ0n) is 18.4. The molecule has 162 valence electrons. The third-order valence-electron chi connectivity index (χ3n) is 5.28. The van der Waals surface area contributed by atoms with Crippen LogP contribution in [0.4, 0.5) is 0 Å². The average molecular weight is 429 g/mol. The summed E-state index contributed by atoms with van der Waals surface area (Å²) in [4.78, 5) is 19.4. The van der Waals surface area contributed by atoms with Gasteiger partial charge in [0.05, 0.1) is 22.5 Å². The molecule has 0 bridgehead atoms. The summed E-state index contributed by atoms with van der Waals surface area (Å²) in [6.45, 7) is 6.52. The van der Waals surface area contributed by atoms with Crippen LogP contribution in [0.5, 0.6) is 0 Å². The first-order valence-electron chi connectivity index (χ1n) is 10.4. The molecule has 6 nitrogen and oxygen atoms in total. The van der Waals surface area contributed by atoms with Gasteiger partial charge in [-0.1, -0.05) is 36.9 Å². The number of thioether (sulfide) groups is 1. The van der Waals surface area contributed by atoms with Gasteiger partial charge in [0, 0.05) is 44.1 Å². The summed E-state index contributed by atoms with van der Waals surface area (Å²) in [6, 6.07) is 0. The second kappa shape index (κ2) is 9.71. The van der Waals surface area contributed by atoms with Crippen molar-refractivity contribution in [3.8, 4) is 0 Å². The minimum atomic E-state index is -0.157. The number of aliphatic imine (C=N–C) groups is 1. The molecule has 3 atom stereocenters. The van der Waals surface area contributed by atoms with Crippen molar-refractivity contribution >= 4 is 23.9 Å². The number of hydrogen-bond acceptors (Lipinski definition) is 6. The summed E-state index contributed by atoms with van der Waals surface area (Å²) in [5, 5.41) is 6.62. The molecule has 1 fully saturated rings. The molecule has 1 saturated carbocycles. The molecule has 1 aliphatic carbocycles. The highest BCUT2D eigenvalue weighted by atomic mass is 32.2. The summed E-state index contributed by atoms with van der Waals surface area (Å²) in [7, 11) is 4.01. The highest BCUT2D eigenvalue weighted by Gasteiger charge is 2.51. The lowest BCUT2D eigenvalue weighted by atomic mass is 10.1. The van der Waals surface area contributed by atoms with Gasteiger partial charge in [0.1, 0.15) is 5.37 Å². The number of nitrogens with one attached hydrogen (secondary N) is 2. The average Bonchev–Trinajstić information content (AvgIpc) is 3.25. The van der Waals surface area contributed by atoms with Gasteiger partial charge >= 0.3 is 0 Å². The summed E-state index contributed by atoms with van der Waals surface area (Å²) < 4.78 is 6.04. The largest absolute Gasteiger partial charge is 0.377 e. The highest BCUT2D eigenvalue weighted by molar-refractivity contribution is 8.05. The predicted molar refractivity (Wildman–Crippen MR) is 125 cm³/mol. The number of dihydropyridines is 1. The van der Waals surface area contributed by atoms with E-state index in [2.05, 4.69) is 45.7 Å². The number of likely N-dealkylation sites (N-methyl/N-ethyl adjacent to an activating group) is 1. The van der Waals surface area contributed by atoms with Crippen molar-refractivity contribution in [3.05, 3.63) is 58.6 Å². The van der Waals surface area contributed by atoms with Crippen LogP contribution < -0.4 is 10.6 Å². The van der Waals surface area contributed by atoms with E-state index in [1.807, 2.05) is 39.5 Å². The second-order valence-corrected chi connectivity index (χ2v) is 8.94. The van der Waals surface area contributed by atoms with E-state index in [0.717, 1.165) is 41.3 Å². The topological polar surface area (TPSA) is 66.0 Å². The van der Waals surface area contributed by atoms with E-state index in [1.165, 1.54) is 0 Å². The first-order valence-corrected chi connectivity index (χ1v) is 11.3. The molecule has 0 spiro atoms. The molecule has 2 aliphatic heterocycles. The lowest BCUT2D eigenvalue weighted by molar-refractivity contribution is -0.113. The number of allylic oxidation sites excluding steroid dienone is 3. The smallest absolute Gasteiger partial charge is 0.168 e. The molecular weight excluding hydrogens is 396 g/mol. The predicted octanol–water partition coefficient (Wildman–Crippen LogP) is 3.69. The second-order valence-electron chi connectivity index (χ2n) is 7.83. The van der Waals surface area contributed by atoms with E-state index >= 15 is 0 Å². The molecule has 2 N–H and O–H groups in total. The van der Waals surface area contributed by atoms with Crippen LogP contribution in [0, 0.1) is 5.92 Å². The van der Waals surface area contributed by atoms with E-state index in [9.17, 15) is 4.79 Å². The third-order valence-corrected chi connectivity index (χ3v) is 6.61. The Morgan fingerprint density at radius 2 is 2.30 bits per heavy atom. The lowest BCUT2D eigenvalue weighted by Gasteiger charge is -2.26. The fourth-order valence-corrected chi connectivity index (χ4v) is 4.95. The molecule has 0 radical (unpaired) electrons. The monoisotopic (exact) mass is 428 g/mol. The van der Waals surface area contributed by atoms with E-state index in [4.69, 9.17) is 4.74 Å². The first-order chi connectivity index (χ1) is 14.4. The van der Waals surface area contributed by atoms with Gasteiger partial charge in [-0.3, -0.25) is 4.79 Å². The maximum absolute atomic E-state index is 12.2. The minimum absolute atomic E-state index is 0.0290. The minimum Gasteiger partial charge on any atom is -0.377 e. The Balaban J connectivity index is 1.70. The lowest BCUT2D eigenvalue weighted by Crippen LogP contribution is -2.30. The number of fused-ring (bicyclic) bond motifs is 1. The Kier molecular flexibility index (Phi) is 7.26. The van der Waals surface area contributed by atoms with Crippen molar-refractivity contribution in [3.63, 3.8) is 0 Å². The number of rotatable bonds is 10. The molecule has 3 rings (SSSR count). The standard InChI is InChI=1S/C23H32N4O2S/c1-6-10-23(29-13-7-2)14-17(23)8-11-24-15-26-20-19-18(27(4)5)9-12-25-22(19)30-21(20)16(3)28/h6,8-12,15,17,22,25H,7,13-14H2,1-5H3,(H,24,26)/b10-6-,11-8+. The Morgan fingerprint density at radius 3 is 2.97 bits per heavy atom. The van der Waals surface area contributed by atoms with Crippen LogP contribution >= 0.6 is 11.8 Å². The van der Waals surface area contributed by atoms with Crippen molar-refractivity contribution in [1.29, 1.82) is 0 Å². The van der Waals surface area contributed by atoms with Gasteiger partial charge < -0.3 is 20.3 Å². The number of nitrogens with zero attached hydrogens (tertiary/aromatic N) is 2. The van der Waals surface area contributed by atoms with Crippen LogP contribution in [-0.4, -0.2) is 48.7 Å². The molecule has 30 heavy (non-hydrogen) atoms. The van der Waals surface area contributed by atoms with Gasteiger partial charge in [-0.2, -0.15) is 0 Å². The molecule has 0 saturated heterocycles. The first kappa shape index (κ1) is 22.4. The molecule has 0 aromatic carbocycles. The fraction of sp³-hybridized carbons (Fsp3) is 0.478. The number of ketones is 1. The Morgan fingerprint density at radius 1 is 1.50 bits per heavy atom. The Bertz CT molecular complexity index is 853. The SMILES string of the molecule is C/C=C\C1(OCCC)CC1/C=C/N=CNC1=C(C(C)=O)SC2NC=CC(N(C)C)=C12. The van der Waals surface area contributed by atoms with E-state index in [-0.39, 0.29) is 16.8 Å². The molecule has 3 aliphatic rings. The van der Waals surface area contributed by atoms with Crippen LogP contribution in [0.2, 0.25) is 0 Å². The van der Waals surface area contributed by atoms with Crippen molar-refractivity contribution in [1.82, 2.24) is 15.5 Å². The summed E-state index contributed by atoms with van der Waals surface area (Å²) in [6.07, 6.45) is 15.7. The van der Waals surface area contributed by atoms with Crippen LogP contribution in [0.25, 0.3) is 0 Å². The van der Waals surface area contributed by atoms with Crippen molar-refractivity contribution in [2.75, 3.05) is 20.7 Å². The third kappa shape index (κ3) is 4.73. The number of ether oxygens (including phenoxy) is 1. The normalized spacial score (nSPS) is 28.0. The number of Topliss-reactive ketones (excluding diaryl/α,β-unsaturated/α-hetero) is 1. The summed E-state index contributed by atoms with van der Waals surface area (Å²) >= 11 is 1.54. The van der Waals surface area contributed by atoms with E-state index in [0.29, 0.717) is 5.92 Å². The molecule has 0 amide bonds. The van der Waals surface area contributed by atoms with E-state index < -0.39 is 0 Å². The molecule has 3 unspecified atom stereocenters. The van der Waals surface area contributed by atoms with E-state index in [1.54, 1.807) is 25.0 Å². The van der Waals surface area contributed by atoms with Crippen molar-refractivity contribution < 1.29 is 9.53 Å². The van der Waals surface area contributed by atoms with Crippen molar-refractivity contribution in [2.45, 2.75) is 44.6 Å². The Hall–Kier alpha value is -2.25. The van der Waals surface area contributed by atoms with Crippen LogP contribution in [0.15, 0.2) is 63.6 Å². The zero-order valence-corrected chi connectivity index (χ0v) is 19.3. The molecule has 2 heterocycles. The molecule has 7 heteroatoms. The Labute approximate surface area is 183 Å². The molecule has 0 aromatic rings. The summed E-state index contributed by atoms with van der Waals surface area (Å²) in [5.74, 6) is 0.405. The van der Waals surface area contributed by atoms with Gasteiger partial charge in [-0.05, 0) is 39.0 Å². The van der Waals surface area contributed by atoms with Crippen LogP contribution in [-0.2, 0) is 9.53 Å². The van der Waals surface area contributed by atoms with Gasteiger partial charge in [0.15, 0.2) is 5.78 Å². The fourth-order valence-electron chi connectivity index (χ4n) is 3.76. The molecular formula is C23H32N4O2S. The number of carbonyl (C=O) groups excluding carboxylic acids is 1. The number of hydrogen-bond donors (Lipinski definition) is 2. The zero-order chi connectivity index (χ0) is 21.7. The van der Waals surface area contributed by atoms with Crippen LogP contribution in [0.1, 0.15) is 33.6 Å². The van der Waals surface area contributed by atoms with Gasteiger partial charge in [-0.25, -0.2) is 4.99 Å². The van der Waals surface area contributed by atoms with Crippen LogP contribution in [0.3, 0.4) is 0 Å². The van der Waals surface area contributed by atoms with Gasteiger partial charge in [0.25, 0.3) is 0 Å². The van der Waals surface area contributed by atoms with Gasteiger partial charge in [0.2, 0.25) is 0 Å². The quantitative estimate of drug-likeness (QED) is 0.314. The number of carbonyl (C=O) groups is 1. The highest BCUT2D eigenvalue weighted by Crippen LogP contribution is 2.49. The molecule has 0 aromatic heterocycles. The van der Waals surface area contributed by atoms with Gasteiger partial charge in [-0.15, -0.1) is 0 Å². The maximum Gasteiger partial charge on any atom is 0.168 e. The van der Waals surface area contributed by atoms with Crippen molar-refractivity contribution in [2.24, 2.45) is 10.9 Å².